The predicted molar refractivity (Wildman–Crippen MR) is 72.3 cm³/mol. The minimum atomic E-state index is 0. The fourth-order valence-corrected chi connectivity index (χ4v) is 3.10. The molecule has 2 nitrogen and oxygen atoms in total. The highest BCUT2D eigenvalue weighted by Gasteiger charge is 2.22. The van der Waals surface area contributed by atoms with Crippen molar-refractivity contribution in [1.29, 1.82) is 0 Å². The van der Waals surface area contributed by atoms with Crippen LogP contribution in [0.1, 0.15) is 39.0 Å². The molecule has 2 rings (SSSR count). The standard InChI is InChI=1S/C13H26N2.ClH/c1-2-12-6-4-8-15(10-12)11-13-5-3-7-14-9-13;/h12-14H,2-11H2,1H3;1H. The fourth-order valence-electron chi connectivity index (χ4n) is 3.10. The van der Waals surface area contributed by atoms with Crippen LogP contribution in [0.15, 0.2) is 0 Å². The molecular weight excluding hydrogens is 220 g/mol. The molecule has 2 heterocycles. The van der Waals surface area contributed by atoms with Gasteiger partial charge in [0.15, 0.2) is 0 Å². The highest BCUT2D eigenvalue weighted by Crippen LogP contribution is 2.21. The van der Waals surface area contributed by atoms with E-state index in [0.29, 0.717) is 0 Å². The molecule has 16 heavy (non-hydrogen) atoms. The summed E-state index contributed by atoms with van der Waals surface area (Å²) in [6.07, 6.45) is 7.10. The Morgan fingerprint density at radius 3 is 2.69 bits per heavy atom. The summed E-state index contributed by atoms with van der Waals surface area (Å²) in [5, 5.41) is 3.52. The minimum absolute atomic E-state index is 0. The van der Waals surface area contributed by atoms with Gasteiger partial charge in [0, 0.05) is 13.1 Å². The van der Waals surface area contributed by atoms with Crippen LogP contribution in [0.3, 0.4) is 0 Å². The molecule has 0 radical (unpaired) electrons. The Balaban J connectivity index is 0.00000128. The van der Waals surface area contributed by atoms with Crippen LogP contribution in [0.25, 0.3) is 0 Å². The Morgan fingerprint density at radius 1 is 1.19 bits per heavy atom. The van der Waals surface area contributed by atoms with Crippen LogP contribution in [-0.2, 0) is 0 Å². The summed E-state index contributed by atoms with van der Waals surface area (Å²) in [6, 6.07) is 0. The monoisotopic (exact) mass is 246 g/mol. The molecule has 1 N–H and O–H groups in total. The van der Waals surface area contributed by atoms with E-state index in [2.05, 4.69) is 17.1 Å². The number of hydrogen-bond donors (Lipinski definition) is 1. The lowest BCUT2D eigenvalue weighted by Crippen LogP contribution is -2.42. The van der Waals surface area contributed by atoms with E-state index in [-0.39, 0.29) is 12.4 Å². The van der Waals surface area contributed by atoms with Gasteiger partial charge in [-0.15, -0.1) is 12.4 Å². The second kappa shape index (κ2) is 7.52. The number of hydrogen-bond acceptors (Lipinski definition) is 2. The van der Waals surface area contributed by atoms with Crippen molar-refractivity contribution in [2.45, 2.75) is 39.0 Å². The van der Waals surface area contributed by atoms with E-state index in [1.54, 1.807) is 0 Å². The average Bonchev–Trinajstić information content (AvgIpc) is 2.31. The van der Waals surface area contributed by atoms with Gasteiger partial charge in [-0.2, -0.15) is 0 Å². The van der Waals surface area contributed by atoms with Gasteiger partial charge >= 0.3 is 0 Å². The molecule has 0 aromatic carbocycles. The Kier molecular flexibility index (Phi) is 6.71. The molecular formula is C13H27ClN2. The lowest BCUT2D eigenvalue weighted by Gasteiger charge is -2.35. The zero-order valence-corrected chi connectivity index (χ0v) is 11.4. The van der Waals surface area contributed by atoms with E-state index in [0.717, 1.165) is 11.8 Å². The Labute approximate surface area is 107 Å². The number of halogens is 1. The molecule has 0 bridgehead atoms. The Hall–Kier alpha value is 0.210. The quantitative estimate of drug-likeness (QED) is 0.824. The van der Waals surface area contributed by atoms with Gasteiger partial charge in [0.05, 0.1) is 0 Å². The summed E-state index contributed by atoms with van der Waals surface area (Å²) in [5.74, 6) is 1.91. The van der Waals surface area contributed by atoms with Gasteiger partial charge in [-0.3, -0.25) is 0 Å². The van der Waals surface area contributed by atoms with Crippen molar-refractivity contribution >= 4 is 12.4 Å². The number of piperidine rings is 2. The molecule has 2 aliphatic heterocycles. The van der Waals surface area contributed by atoms with Gasteiger partial charge in [-0.1, -0.05) is 13.3 Å². The van der Waals surface area contributed by atoms with Crippen LogP contribution < -0.4 is 5.32 Å². The topological polar surface area (TPSA) is 15.3 Å². The van der Waals surface area contributed by atoms with E-state index >= 15 is 0 Å². The molecule has 0 saturated carbocycles. The summed E-state index contributed by atoms with van der Waals surface area (Å²) in [6.45, 7) is 8.92. The van der Waals surface area contributed by atoms with Crippen molar-refractivity contribution in [2.75, 3.05) is 32.7 Å². The van der Waals surface area contributed by atoms with E-state index in [9.17, 15) is 0 Å². The number of rotatable bonds is 3. The average molecular weight is 247 g/mol. The highest BCUT2D eigenvalue weighted by atomic mass is 35.5. The summed E-state index contributed by atoms with van der Waals surface area (Å²) >= 11 is 0. The van der Waals surface area contributed by atoms with Crippen molar-refractivity contribution in [3.8, 4) is 0 Å². The maximum atomic E-state index is 3.52. The molecule has 0 aromatic heterocycles. The van der Waals surface area contributed by atoms with Crippen LogP contribution in [-0.4, -0.2) is 37.6 Å². The number of likely N-dealkylation sites (tertiary alicyclic amines) is 1. The third-order valence-electron chi connectivity index (χ3n) is 4.10. The first-order valence-corrected chi connectivity index (χ1v) is 6.81. The molecule has 96 valence electrons. The largest absolute Gasteiger partial charge is 0.316 e. The second-order valence-electron chi connectivity index (χ2n) is 5.39. The third-order valence-corrected chi connectivity index (χ3v) is 4.10. The fraction of sp³-hybridized carbons (Fsp3) is 1.00. The number of nitrogens with zero attached hydrogens (tertiary/aromatic N) is 1. The number of nitrogens with one attached hydrogen (secondary N) is 1. The first-order chi connectivity index (χ1) is 7.38. The SMILES string of the molecule is CCC1CCCN(CC2CCCNC2)C1.Cl. The molecule has 2 unspecified atom stereocenters. The highest BCUT2D eigenvalue weighted by molar-refractivity contribution is 5.85. The second-order valence-corrected chi connectivity index (χ2v) is 5.39. The smallest absolute Gasteiger partial charge is 0.00219 e. The van der Waals surface area contributed by atoms with Crippen LogP contribution in [0.5, 0.6) is 0 Å². The molecule has 2 atom stereocenters. The van der Waals surface area contributed by atoms with E-state index in [4.69, 9.17) is 0 Å². The molecule has 0 spiro atoms. The van der Waals surface area contributed by atoms with Crippen LogP contribution >= 0.6 is 12.4 Å². The molecule has 2 fully saturated rings. The predicted octanol–water partition coefficient (Wildman–Crippen LogP) is 2.53. The van der Waals surface area contributed by atoms with Gasteiger partial charge in [-0.05, 0) is 57.2 Å². The van der Waals surface area contributed by atoms with Crippen molar-refractivity contribution in [3.63, 3.8) is 0 Å². The molecule has 2 saturated heterocycles. The minimum Gasteiger partial charge on any atom is -0.316 e. The lowest BCUT2D eigenvalue weighted by molar-refractivity contribution is 0.139. The third kappa shape index (κ3) is 4.23. The van der Waals surface area contributed by atoms with Gasteiger partial charge in [0.25, 0.3) is 0 Å². The summed E-state index contributed by atoms with van der Waals surface area (Å²) in [7, 11) is 0. The van der Waals surface area contributed by atoms with Crippen LogP contribution in [0, 0.1) is 11.8 Å². The summed E-state index contributed by atoms with van der Waals surface area (Å²) < 4.78 is 0. The molecule has 2 aliphatic rings. The van der Waals surface area contributed by atoms with Crippen molar-refractivity contribution in [1.82, 2.24) is 10.2 Å². The van der Waals surface area contributed by atoms with Crippen molar-refractivity contribution in [3.05, 3.63) is 0 Å². The zero-order valence-electron chi connectivity index (χ0n) is 10.6. The molecule has 0 aromatic rings. The Bertz CT molecular complexity index is 181. The van der Waals surface area contributed by atoms with Crippen LogP contribution in [0.2, 0.25) is 0 Å². The first kappa shape index (κ1) is 14.3. The first-order valence-electron chi connectivity index (χ1n) is 6.81. The maximum absolute atomic E-state index is 3.52. The van der Waals surface area contributed by atoms with Crippen LogP contribution in [0.4, 0.5) is 0 Å². The van der Waals surface area contributed by atoms with E-state index < -0.39 is 0 Å². The molecule has 0 aliphatic carbocycles. The summed E-state index contributed by atoms with van der Waals surface area (Å²) in [4.78, 5) is 2.72. The van der Waals surface area contributed by atoms with Crippen molar-refractivity contribution < 1.29 is 0 Å². The van der Waals surface area contributed by atoms with Gasteiger partial charge in [0.1, 0.15) is 0 Å². The molecule has 3 heteroatoms. The van der Waals surface area contributed by atoms with E-state index in [1.807, 2.05) is 0 Å². The van der Waals surface area contributed by atoms with Gasteiger partial charge in [0.2, 0.25) is 0 Å². The van der Waals surface area contributed by atoms with Gasteiger partial charge < -0.3 is 10.2 Å². The van der Waals surface area contributed by atoms with Gasteiger partial charge in [-0.25, -0.2) is 0 Å². The maximum Gasteiger partial charge on any atom is 0.00219 e. The van der Waals surface area contributed by atoms with E-state index in [1.165, 1.54) is 64.8 Å². The van der Waals surface area contributed by atoms with Crippen molar-refractivity contribution in [2.24, 2.45) is 11.8 Å². The lowest BCUT2D eigenvalue weighted by atomic mass is 9.93. The molecule has 0 amide bonds. The summed E-state index contributed by atoms with van der Waals surface area (Å²) in [5.41, 5.74) is 0. The normalized spacial score (nSPS) is 32.1. The Morgan fingerprint density at radius 2 is 2.00 bits per heavy atom. The zero-order chi connectivity index (χ0) is 10.5.